The molecule has 1 aliphatic rings. The van der Waals surface area contributed by atoms with Gasteiger partial charge in [0.15, 0.2) is 12.0 Å². The molecule has 1 fully saturated rings. The van der Waals surface area contributed by atoms with Crippen LogP contribution in [0, 0.1) is 12.8 Å². The van der Waals surface area contributed by atoms with Crippen molar-refractivity contribution < 1.29 is 23.2 Å². The molecule has 1 aromatic carbocycles. The van der Waals surface area contributed by atoms with Crippen molar-refractivity contribution in [3.05, 3.63) is 41.0 Å². The normalized spacial score (nSPS) is 20.0. The van der Waals surface area contributed by atoms with Gasteiger partial charge < -0.3 is 19.3 Å². The number of alkyl halides is 1. The van der Waals surface area contributed by atoms with Crippen LogP contribution in [-0.4, -0.2) is 42.9 Å². The Labute approximate surface area is 176 Å². The van der Waals surface area contributed by atoms with Crippen LogP contribution >= 0.6 is 0 Å². The monoisotopic (exact) mass is 419 g/mol. The molecule has 1 saturated heterocycles. The summed E-state index contributed by atoms with van der Waals surface area (Å²) in [5.74, 6) is 1.56. The van der Waals surface area contributed by atoms with E-state index in [1.165, 1.54) is 7.11 Å². The number of ether oxygens (including phenoxy) is 2. The number of esters is 1. The number of benzene rings is 1. The van der Waals surface area contributed by atoms with Crippen LogP contribution in [0.5, 0.6) is 5.75 Å². The van der Waals surface area contributed by atoms with Gasteiger partial charge in [-0.1, -0.05) is 12.1 Å². The average Bonchev–Trinajstić information content (AvgIpc) is 3.26. The average molecular weight is 419 g/mol. The summed E-state index contributed by atoms with van der Waals surface area (Å²) in [5.41, 5.74) is 1.37. The van der Waals surface area contributed by atoms with Crippen molar-refractivity contribution in [3.8, 4) is 5.75 Å². The highest BCUT2D eigenvalue weighted by Gasteiger charge is 2.30. The van der Waals surface area contributed by atoms with Crippen molar-refractivity contribution in [1.29, 1.82) is 0 Å². The molecule has 3 unspecified atom stereocenters. The van der Waals surface area contributed by atoms with Crippen LogP contribution in [0.3, 0.4) is 0 Å². The van der Waals surface area contributed by atoms with Crippen molar-refractivity contribution in [3.63, 3.8) is 0 Å². The number of piperidine rings is 1. The van der Waals surface area contributed by atoms with Gasteiger partial charge in [0.2, 0.25) is 0 Å². The van der Waals surface area contributed by atoms with Gasteiger partial charge in [-0.25, -0.2) is 9.18 Å². The lowest BCUT2D eigenvalue weighted by Gasteiger charge is -2.30. The minimum atomic E-state index is -1.20. The van der Waals surface area contributed by atoms with Gasteiger partial charge in [-0.05, 0) is 68.8 Å². The molecule has 7 nitrogen and oxygen atoms in total. The Morgan fingerprint density at radius 3 is 3.00 bits per heavy atom. The summed E-state index contributed by atoms with van der Waals surface area (Å²) in [5, 5.41) is 7.41. The number of halogens is 1. The Bertz CT molecular complexity index is 842. The third-order valence-electron chi connectivity index (χ3n) is 5.63. The number of hydrogen-bond donors (Lipinski definition) is 1. The molecule has 1 aliphatic heterocycles. The summed E-state index contributed by atoms with van der Waals surface area (Å²) in [6.45, 7) is 5.90. The second-order valence-corrected chi connectivity index (χ2v) is 7.68. The summed E-state index contributed by atoms with van der Waals surface area (Å²) in [7, 11) is 1.37. The van der Waals surface area contributed by atoms with E-state index < -0.39 is 6.17 Å². The van der Waals surface area contributed by atoms with Crippen LogP contribution < -0.4 is 10.1 Å². The van der Waals surface area contributed by atoms with Gasteiger partial charge in [-0.15, -0.1) is 0 Å². The van der Waals surface area contributed by atoms with Gasteiger partial charge in [-0.3, -0.25) is 0 Å². The van der Waals surface area contributed by atoms with Crippen molar-refractivity contribution >= 4 is 5.97 Å². The first-order chi connectivity index (χ1) is 14.5. The molecule has 1 aromatic heterocycles. The first kappa shape index (κ1) is 22.2. The van der Waals surface area contributed by atoms with Crippen LogP contribution in [-0.2, 0) is 4.74 Å². The first-order valence-electron chi connectivity index (χ1n) is 10.5. The maximum absolute atomic E-state index is 13.8. The van der Waals surface area contributed by atoms with Gasteiger partial charge in [0.1, 0.15) is 5.75 Å². The van der Waals surface area contributed by atoms with E-state index in [0.717, 1.165) is 43.7 Å². The Balaban J connectivity index is 1.52. The molecule has 0 aliphatic carbocycles. The zero-order valence-electron chi connectivity index (χ0n) is 17.8. The molecule has 2 heterocycles. The van der Waals surface area contributed by atoms with Crippen LogP contribution in [0.1, 0.15) is 72.3 Å². The first-order valence-corrected chi connectivity index (χ1v) is 10.5. The molecule has 0 amide bonds. The third kappa shape index (κ3) is 5.36. The Morgan fingerprint density at radius 2 is 2.27 bits per heavy atom. The highest BCUT2D eigenvalue weighted by molar-refractivity contribution is 5.91. The number of carbonyl (C=O) groups excluding carboxylic acids is 1. The molecule has 8 heteroatoms. The molecule has 0 radical (unpaired) electrons. The number of rotatable bonds is 9. The molecule has 3 rings (SSSR count). The minimum absolute atomic E-state index is 0.0749. The molecular weight excluding hydrogens is 389 g/mol. The summed E-state index contributed by atoms with van der Waals surface area (Å²) >= 11 is 0. The number of nitrogens with one attached hydrogen (secondary N) is 1. The van der Waals surface area contributed by atoms with Crippen molar-refractivity contribution in [1.82, 2.24) is 15.5 Å². The Hall–Kier alpha value is -2.48. The van der Waals surface area contributed by atoms with E-state index in [-0.39, 0.29) is 17.8 Å². The van der Waals surface area contributed by atoms with Crippen LogP contribution in [0.4, 0.5) is 4.39 Å². The van der Waals surface area contributed by atoms with E-state index in [9.17, 15) is 9.18 Å². The fourth-order valence-corrected chi connectivity index (χ4v) is 3.86. The summed E-state index contributed by atoms with van der Waals surface area (Å²) in [4.78, 5) is 16.0. The predicted octanol–water partition coefficient (Wildman–Crippen LogP) is 4.14. The fourth-order valence-electron chi connectivity index (χ4n) is 3.86. The highest BCUT2D eigenvalue weighted by Crippen LogP contribution is 2.32. The van der Waals surface area contributed by atoms with Gasteiger partial charge in [0, 0.05) is 12.5 Å². The standard InChI is InChI=1S/C22H30FN3O4/c1-4-19(23)21-25-20(26-30-21)18-13-24-10-9-15(18)6-5-11-29-16-7-8-17(14(2)12-16)22(27)28-3/h7-8,12,15,18-19,24H,4-6,9-11,13H2,1-3H3. The molecule has 1 N–H and O–H groups in total. The van der Waals surface area contributed by atoms with Crippen molar-refractivity contribution in [2.75, 3.05) is 26.8 Å². The molecule has 3 atom stereocenters. The molecule has 30 heavy (non-hydrogen) atoms. The lowest BCUT2D eigenvalue weighted by Crippen LogP contribution is -2.35. The minimum Gasteiger partial charge on any atom is -0.494 e. The van der Waals surface area contributed by atoms with Crippen LogP contribution in [0.15, 0.2) is 22.7 Å². The number of carbonyl (C=O) groups is 1. The summed E-state index contributed by atoms with van der Waals surface area (Å²) < 4.78 is 29.6. The lowest BCUT2D eigenvalue weighted by atomic mass is 9.82. The lowest BCUT2D eigenvalue weighted by molar-refractivity contribution is 0.0600. The van der Waals surface area contributed by atoms with E-state index >= 15 is 0 Å². The van der Waals surface area contributed by atoms with E-state index in [4.69, 9.17) is 14.0 Å². The maximum Gasteiger partial charge on any atom is 0.338 e. The summed E-state index contributed by atoms with van der Waals surface area (Å²) in [6, 6.07) is 5.36. The third-order valence-corrected chi connectivity index (χ3v) is 5.63. The number of methoxy groups -OCH3 is 1. The van der Waals surface area contributed by atoms with Gasteiger partial charge in [0.05, 0.1) is 19.3 Å². The Morgan fingerprint density at radius 1 is 1.43 bits per heavy atom. The highest BCUT2D eigenvalue weighted by atomic mass is 19.1. The largest absolute Gasteiger partial charge is 0.494 e. The van der Waals surface area contributed by atoms with E-state index in [1.54, 1.807) is 19.1 Å². The Kier molecular flexibility index (Phi) is 7.79. The van der Waals surface area contributed by atoms with Gasteiger partial charge >= 0.3 is 5.97 Å². The molecule has 2 aromatic rings. The SMILES string of the molecule is CCC(F)c1nc(C2CNCCC2CCCOc2ccc(C(=O)OC)c(C)c2)no1. The molecule has 164 valence electrons. The summed E-state index contributed by atoms with van der Waals surface area (Å²) in [6.07, 6.45) is 1.97. The quantitative estimate of drug-likeness (QED) is 0.483. The zero-order valence-corrected chi connectivity index (χ0v) is 17.8. The molecule has 0 spiro atoms. The van der Waals surface area contributed by atoms with Crippen LogP contribution in [0.25, 0.3) is 0 Å². The number of nitrogens with zero attached hydrogens (tertiary/aromatic N) is 2. The zero-order chi connectivity index (χ0) is 21.5. The second kappa shape index (κ2) is 10.5. The maximum atomic E-state index is 13.8. The molecule has 0 bridgehead atoms. The number of aromatic nitrogens is 2. The fraction of sp³-hybridized carbons (Fsp3) is 0.591. The van der Waals surface area contributed by atoms with E-state index in [0.29, 0.717) is 30.3 Å². The molecule has 0 saturated carbocycles. The van der Waals surface area contributed by atoms with Crippen molar-refractivity contribution in [2.45, 2.75) is 51.6 Å². The van der Waals surface area contributed by atoms with Crippen LogP contribution in [0.2, 0.25) is 0 Å². The number of hydrogen-bond acceptors (Lipinski definition) is 7. The topological polar surface area (TPSA) is 86.5 Å². The van der Waals surface area contributed by atoms with Crippen molar-refractivity contribution in [2.24, 2.45) is 5.92 Å². The number of aryl methyl sites for hydroxylation is 1. The molecular formula is C22H30FN3O4. The smallest absolute Gasteiger partial charge is 0.338 e. The van der Waals surface area contributed by atoms with E-state index in [2.05, 4.69) is 15.5 Å². The van der Waals surface area contributed by atoms with Gasteiger partial charge in [0.25, 0.3) is 5.89 Å². The predicted molar refractivity (Wildman–Crippen MR) is 109 cm³/mol. The van der Waals surface area contributed by atoms with Gasteiger partial charge in [-0.2, -0.15) is 4.98 Å². The second-order valence-electron chi connectivity index (χ2n) is 7.68. The van der Waals surface area contributed by atoms with E-state index in [1.807, 2.05) is 13.0 Å².